The molecule has 2 aromatic rings. The number of hydrogen-bond donors (Lipinski definition) is 0. The first-order valence-electron chi connectivity index (χ1n) is 11.0. The maximum Gasteiger partial charge on any atom is 0.256 e. The quantitative estimate of drug-likeness (QED) is 0.602. The molecule has 2 aliphatic rings. The Balaban J connectivity index is 1.62. The maximum absolute atomic E-state index is 13.7. The van der Waals surface area contributed by atoms with Crippen molar-refractivity contribution in [3.05, 3.63) is 58.7 Å². The SMILES string of the molecule is CCN1C=C(C(=O)N2CCN(c3cccc(Cl)c3)CC2)c2cc(OC)c(OC)cc2C1C=O. The molecule has 174 valence electrons. The summed E-state index contributed by atoms with van der Waals surface area (Å²) in [7, 11) is 3.12. The van der Waals surface area contributed by atoms with Crippen molar-refractivity contribution in [1.29, 1.82) is 0 Å². The molecule has 7 nitrogen and oxygen atoms in total. The predicted octanol–water partition coefficient (Wildman–Crippen LogP) is 3.62. The van der Waals surface area contributed by atoms with Gasteiger partial charge in [0, 0.05) is 49.6 Å². The monoisotopic (exact) mass is 469 g/mol. The maximum atomic E-state index is 13.7. The zero-order valence-corrected chi connectivity index (χ0v) is 19.8. The molecule has 1 atom stereocenters. The highest BCUT2D eigenvalue weighted by atomic mass is 35.5. The van der Waals surface area contributed by atoms with Crippen molar-refractivity contribution in [2.24, 2.45) is 0 Å². The second kappa shape index (κ2) is 9.75. The van der Waals surface area contributed by atoms with E-state index in [9.17, 15) is 9.59 Å². The number of benzene rings is 2. The molecule has 0 aliphatic carbocycles. The molecule has 0 spiro atoms. The summed E-state index contributed by atoms with van der Waals surface area (Å²) in [6.07, 6.45) is 2.70. The van der Waals surface area contributed by atoms with Crippen molar-refractivity contribution in [2.45, 2.75) is 13.0 Å². The summed E-state index contributed by atoms with van der Waals surface area (Å²) in [6, 6.07) is 10.9. The summed E-state index contributed by atoms with van der Waals surface area (Å²) in [4.78, 5) is 31.6. The van der Waals surface area contributed by atoms with Crippen LogP contribution in [0, 0.1) is 0 Å². The van der Waals surface area contributed by atoms with Crippen molar-refractivity contribution in [1.82, 2.24) is 9.80 Å². The summed E-state index contributed by atoms with van der Waals surface area (Å²) in [5.74, 6) is 0.996. The van der Waals surface area contributed by atoms with E-state index in [1.54, 1.807) is 32.6 Å². The minimum absolute atomic E-state index is 0.0583. The Hall–Kier alpha value is -3.19. The number of likely N-dealkylation sites (N-methyl/N-ethyl adjacent to an activating group) is 1. The number of nitrogens with zero attached hydrogens (tertiary/aromatic N) is 3. The van der Waals surface area contributed by atoms with E-state index < -0.39 is 6.04 Å². The normalized spacial score (nSPS) is 17.9. The van der Waals surface area contributed by atoms with Gasteiger partial charge in [-0.3, -0.25) is 4.79 Å². The molecule has 0 bridgehead atoms. The standard InChI is InChI=1S/C25H28ClN3O4/c1-4-27-15-21(19-13-23(32-2)24(33-3)14-20(19)22(27)16-30)25(31)29-10-8-28(9-11-29)18-7-5-6-17(26)12-18/h5-7,12-16,22H,4,8-11H2,1-3H3. The number of carbonyl (C=O) groups excluding carboxylic acids is 2. The van der Waals surface area contributed by atoms with Crippen LogP contribution in [0.2, 0.25) is 5.02 Å². The molecule has 2 aromatic carbocycles. The van der Waals surface area contributed by atoms with Crippen LogP contribution in [-0.4, -0.2) is 68.9 Å². The van der Waals surface area contributed by atoms with Crippen LogP contribution in [-0.2, 0) is 9.59 Å². The van der Waals surface area contributed by atoms with Gasteiger partial charge in [-0.1, -0.05) is 17.7 Å². The fraction of sp³-hybridized carbons (Fsp3) is 0.360. The van der Waals surface area contributed by atoms with E-state index in [0.717, 1.165) is 17.5 Å². The molecular formula is C25H28ClN3O4. The van der Waals surface area contributed by atoms with E-state index in [1.165, 1.54) is 0 Å². The van der Waals surface area contributed by atoms with Gasteiger partial charge in [-0.15, -0.1) is 0 Å². The lowest BCUT2D eigenvalue weighted by atomic mass is 9.90. The molecule has 0 saturated carbocycles. The number of halogens is 1. The van der Waals surface area contributed by atoms with Gasteiger partial charge in [-0.05, 0) is 48.4 Å². The Morgan fingerprint density at radius 1 is 1.09 bits per heavy atom. The van der Waals surface area contributed by atoms with E-state index in [2.05, 4.69) is 4.90 Å². The van der Waals surface area contributed by atoms with Crippen LogP contribution in [0.3, 0.4) is 0 Å². The smallest absolute Gasteiger partial charge is 0.256 e. The highest BCUT2D eigenvalue weighted by molar-refractivity contribution is 6.30. The summed E-state index contributed by atoms with van der Waals surface area (Å²) in [5, 5.41) is 0.698. The summed E-state index contributed by atoms with van der Waals surface area (Å²) < 4.78 is 10.9. The van der Waals surface area contributed by atoms with Crippen LogP contribution in [0.25, 0.3) is 5.57 Å². The van der Waals surface area contributed by atoms with Crippen molar-refractivity contribution in [3.63, 3.8) is 0 Å². The lowest BCUT2D eigenvalue weighted by Gasteiger charge is -2.38. The van der Waals surface area contributed by atoms with Gasteiger partial charge in [-0.25, -0.2) is 0 Å². The average molecular weight is 470 g/mol. The molecule has 0 aromatic heterocycles. The third-order valence-electron chi connectivity index (χ3n) is 6.28. The summed E-state index contributed by atoms with van der Waals surface area (Å²) >= 11 is 6.14. The third kappa shape index (κ3) is 4.37. The van der Waals surface area contributed by atoms with Crippen LogP contribution in [0.5, 0.6) is 11.5 Å². The molecule has 2 aliphatic heterocycles. The zero-order valence-electron chi connectivity index (χ0n) is 19.1. The number of ether oxygens (including phenoxy) is 2. The van der Waals surface area contributed by atoms with Crippen molar-refractivity contribution >= 4 is 35.1 Å². The number of hydrogen-bond acceptors (Lipinski definition) is 6. The lowest BCUT2D eigenvalue weighted by Crippen LogP contribution is -2.49. The number of aldehydes is 1. The van der Waals surface area contributed by atoms with E-state index >= 15 is 0 Å². The molecule has 8 heteroatoms. The number of fused-ring (bicyclic) bond motifs is 1. The van der Waals surface area contributed by atoms with Gasteiger partial charge in [0.2, 0.25) is 0 Å². The number of piperazine rings is 1. The van der Waals surface area contributed by atoms with Gasteiger partial charge in [-0.2, -0.15) is 0 Å². The van der Waals surface area contributed by atoms with Crippen LogP contribution >= 0.6 is 11.6 Å². The molecule has 1 saturated heterocycles. The summed E-state index contributed by atoms with van der Waals surface area (Å²) in [5.41, 5.74) is 3.06. The van der Waals surface area contributed by atoms with Gasteiger partial charge in [0.15, 0.2) is 11.5 Å². The number of carbonyl (C=O) groups is 2. The van der Waals surface area contributed by atoms with E-state index in [4.69, 9.17) is 21.1 Å². The van der Waals surface area contributed by atoms with Crippen molar-refractivity contribution in [3.8, 4) is 11.5 Å². The Bertz CT molecular complexity index is 1080. The number of amides is 1. The van der Waals surface area contributed by atoms with Crippen LogP contribution in [0.1, 0.15) is 24.1 Å². The van der Waals surface area contributed by atoms with Gasteiger partial charge in [0.05, 0.1) is 19.8 Å². The highest BCUT2D eigenvalue weighted by Crippen LogP contribution is 2.41. The Morgan fingerprint density at radius 2 is 1.79 bits per heavy atom. The molecule has 1 fully saturated rings. The van der Waals surface area contributed by atoms with Crippen LogP contribution < -0.4 is 14.4 Å². The minimum Gasteiger partial charge on any atom is -0.493 e. The molecule has 2 heterocycles. The average Bonchev–Trinajstić information content (AvgIpc) is 2.86. The Morgan fingerprint density at radius 3 is 2.39 bits per heavy atom. The van der Waals surface area contributed by atoms with Crippen LogP contribution in [0.4, 0.5) is 5.69 Å². The number of methoxy groups -OCH3 is 2. The van der Waals surface area contributed by atoms with E-state index in [0.29, 0.717) is 60.4 Å². The van der Waals surface area contributed by atoms with Gasteiger partial charge in [0.1, 0.15) is 12.3 Å². The highest BCUT2D eigenvalue weighted by Gasteiger charge is 2.33. The molecule has 1 amide bonds. The second-order valence-electron chi connectivity index (χ2n) is 8.01. The molecule has 0 radical (unpaired) electrons. The fourth-order valence-corrected chi connectivity index (χ4v) is 4.67. The minimum atomic E-state index is -0.485. The van der Waals surface area contributed by atoms with Crippen molar-refractivity contribution < 1.29 is 19.1 Å². The van der Waals surface area contributed by atoms with Crippen molar-refractivity contribution in [2.75, 3.05) is 51.8 Å². The fourth-order valence-electron chi connectivity index (χ4n) is 4.49. The van der Waals surface area contributed by atoms with Gasteiger partial charge < -0.3 is 29.0 Å². The largest absolute Gasteiger partial charge is 0.493 e. The molecule has 4 rings (SSSR count). The topological polar surface area (TPSA) is 62.3 Å². The van der Waals surface area contributed by atoms with Gasteiger partial charge >= 0.3 is 0 Å². The number of rotatable bonds is 6. The number of anilines is 1. The molecular weight excluding hydrogens is 442 g/mol. The predicted molar refractivity (Wildman–Crippen MR) is 129 cm³/mol. The van der Waals surface area contributed by atoms with E-state index in [-0.39, 0.29) is 5.91 Å². The first-order chi connectivity index (χ1) is 16.0. The second-order valence-corrected chi connectivity index (χ2v) is 8.44. The molecule has 1 unspecified atom stereocenters. The van der Waals surface area contributed by atoms with Gasteiger partial charge in [0.25, 0.3) is 5.91 Å². The first-order valence-corrected chi connectivity index (χ1v) is 11.4. The molecule has 0 N–H and O–H groups in total. The summed E-state index contributed by atoms with van der Waals surface area (Å²) in [6.45, 7) is 5.17. The third-order valence-corrected chi connectivity index (χ3v) is 6.52. The van der Waals surface area contributed by atoms with E-state index in [1.807, 2.05) is 41.0 Å². The lowest BCUT2D eigenvalue weighted by molar-refractivity contribution is -0.125. The van der Waals surface area contributed by atoms with Crippen LogP contribution in [0.15, 0.2) is 42.6 Å². The first kappa shape index (κ1) is 23.0. The molecule has 33 heavy (non-hydrogen) atoms. The Labute approximate surface area is 199 Å². The zero-order chi connectivity index (χ0) is 23.5. The Kier molecular flexibility index (Phi) is 6.79.